The number of benzene rings is 6. The summed E-state index contributed by atoms with van der Waals surface area (Å²) in [6, 6.07) is 37.1. The zero-order chi connectivity index (χ0) is 49.3. The molecule has 6 aromatic rings. The summed E-state index contributed by atoms with van der Waals surface area (Å²) in [6.07, 6.45) is 3.67. The Hall–Kier alpha value is -5.48. The fourth-order valence-electron chi connectivity index (χ4n) is 10.5. The minimum Gasteiger partial charge on any atom is -0.493 e. The van der Waals surface area contributed by atoms with Gasteiger partial charge in [-0.3, -0.25) is 0 Å². The maximum atomic E-state index is 6.48. The smallest absolute Gasteiger partial charge is 0.125 e. The number of rotatable bonds is 0. The summed E-state index contributed by atoms with van der Waals surface area (Å²) in [4.78, 5) is 0. The second-order valence-electron chi connectivity index (χ2n) is 22.2. The molecule has 4 nitrogen and oxygen atoms in total. The second kappa shape index (κ2) is 19.9. The van der Waals surface area contributed by atoms with Gasteiger partial charge in [-0.1, -0.05) is 152 Å². The van der Waals surface area contributed by atoms with Crippen LogP contribution in [0.3, 0.4) is 0 Å². The molecule has 16 heterocycles. The Kier molecular flexibility index (Phi) is 14.7. The van der Waals surface area contributed by atoms with Crippen LogP contribution in [0.2, 0.25) is 0 Å². The van der Waals surface area contributed by atoms with Gasteiger partial charge in [0.1, 0.15) is 23.0 Å². The third-order valence-corrected chi connectivity index (χ3v) is 15.4. The lowest BCUT2D eigenvalue weighted by Crippen LogP contribution is -2.22. The summed E-state index contributed by atoms with van der Waals surface area (Å²) < 4.78 is 25.9. The molecule has 68 heavy (non-hydrogen) atoms. The van der Waals surface area contributed by atoms with E-state index < -0.39 is 0 Å². The molecule has 0 aromatic heterocycles. The summed E-state index contributed by atoms with van der Waals surface area (Å²) in [6.45, 7) is 38.7. The highest BCUT2D eigenvalue weighted by Gasteiger charge is 2.30. The zero-order valence-corrected chi connectivity index (χ0v) is 44.5. The van der Waals surface area contributed by atoms with E-state index in [0.717, 1.165) is 48.7 Å². The molecule has 0 radical (unpaired) electrons. The lowest BCUT2D eigenvalue weighted by molar-refractivity contribution is 0.263. The second-order valence-corrected chi connectivity index (χ2v) is 22.2. The van der Waals surface area contributed by atoms with Gasteiger partial charge in [-0.2, -0.15) is 0 Å². The SMILES string of the molecule is Cc1cc2cc(C)c1OCCCCOc1c(C)cc(cc1C)C(C)(C)c1ccc(cc1)C(C)(C)c1cc(C)c(c(C)c1)OCCCCOc1c(C)cc(cc1C)C(C)(C)c1ccc(cc1)C2(C)C. The van der Waals surface area contributed by atoms with Crippen LogP contribution in [0.1, 0.15) is 170 Å². The van der Waals surface area contributed by atoms with Crippen molar-refractivity contribution in [2.24, 2.45) is 0 Å². The highest BCUT2D eigenvalue weighted by Crippen LogP contribution is 2.42. The molecule has 0 N–H and O–H groups in total. The van der Waals surface area contributed by atoms with E-state index >= 15 is 0 Å². The van der Waals surface area contributed by atoms with Gasteiger partial charge in [0.15, 0.2) is 0 Å². The zero-order valence-electron chi connectivity index (χ0n) is 44.5. The van der Waals surface area contributed by atoms with Gasteiger partial charge in [0.2, 0.25) is 0 Å². The summed E-state index contributed by atoms with van der Waals surface area (Å²) in [5.41, 5.74) is 19.0. The Bertz CT molecular complexity index is 2270. The Morgan fingerprint density at radius 2 is 0.397 bits per heavy atom. The van der Waals surface area contributed by atoms with Gasteiger partial charge in [-0.05, 0) is 170 Å². The first kappa shape index (κ1) is 50.4. The summed E-state index contributed by atoms with van der Waals surface area (Å²) in [5.74, 6) is 3.97. The van der Waals surface area contributed by atoms with Crippen molar-refractivity contribution in [2.75, 3.05) is 26.4 Å². The summed E-state index contributed by atoms with van der Waals surface area (Å²) in [5, 5.41) is 0. The van der Waals surface area contributed by atoms with Crippen molar-refractivity contribution in [3.8, 4) is 23.0 Å². The standard InChI is InChI=1S/C64H80O4/c1-41-33-53-34-42(2)57(41)65-29-17-18-30-66-58-43(3)35-55(36-44(58)4)63(13,14)51-25-27-52(28-26-51)64(15,16)56-39-47(7)60(48(8)40-56)68-32-20-19-31-67-59-45(5)37-54(38-46(59)6)62(11,12)50-23-21-49(22-24-50)61(53,9)10/h21-28,33-40H,17-20,29-32H2,1-16H3. The Balaban J connectivity index is 1.14. The first-order valence-electron chi connectivity index (χ1n) is 25.2. The highest BCUT2D eigenvalue weighted by atomic mass is 16.5. The maximum Gasteiger partial charge on any atom is 0.125 e. The molecule has 0 unspecified atom stereocenters. The van der Waals surface area contributed by atoms with Crippen molar-refractivity contribution >= 4 is 0 Å². The minimum atomic E-state index is -0.184. The normalized spacial score (nSPS) is 17.3. The number of aryl methyl sites for hydroxylation is 8. The van der Waals surface area contributed by atoms with E-state index in [-0.39, 0.29) is 21.7 Å². The molecule has 0 saturated heterocycles. The molecule has 0 atom stereocenters. The van der Waals surface area contributed by atoms with Gasteiger partial charge in [0.05, 0.1) is 26.4 Å². The van der Waals surface area contributed by atoms with Crippen LogP contribution in [0, 0.1) is 55.4 Å². The molecular weight excluding hydrogens is 833 g/mol. The predicted octanol–water partition coefficient (Wildman–Crippen LogP) is 16.2. The quantitative estimate of drug-likeness (QED) is 0.152. The topological polar surface area (TPSA) is 36.9 Å². The fourth-order valence-corrected chi connectivity index (χ4v) is 10.5. The van der Waals surface area contributed by atoms with Crippen molar-refractivity contribution in [1.29, 1.82) is 0 Å². The minimum absolute atomic E-state index is 0.184. The van der Waals surface area contributed by atoms with Gasteiger partial charge < -0.3 is 18.9 Å². The number of ether oxygens (including phenoxy) is 4. The lowest BCUT2D eigenvalue weighted by Gasteiger charge is -2.31. The Labute approximate surface area is 410 Å². The average Bonchev–Trinajstić information content (AvgIpc) is 3.28. The molecule has 0 saturated carbocycles. The van der Waals surface area contributed by atoms with Crippen LogP contribution in [-0.2, 0) is 21.7 Å². The summed E-state index contributed by atoms with van der Waals surface area (Å²) in [7, 11) is 0. The Morgan fingerprint density at radius 1 is 0.250 bits per heavy atom. The van der Waals surface area contributed by atoms with E-state index in [1.54, 1.807) is 0 Å². The van der Waals surface area contributed by atoms with E-state index in [0.29, 0.717) is 26.4 Å². The van der Waals surface area contributed by atoms with Gasteiger partial charge in [-0.25, -0.2) is 0 Å². The van der Waals surface area contributed by atoms with E-state index in [2.05, 4.69) is 208 Å². The van der Waals surface area contributed by atoms with E-state index in [4.69, 9.17) is 18.9 Å². The van der Waals surface area contributed by atoms with Crippen molar-refractivity contribution in [3.63, 3.8) is 0 Å². The van der Waals surface area contributed by atoms with Gasteiger partial charge >= 0.3 is 0 Å². The van der Waals surface area contributed by atoms with Crippen molar-refractivity contribution in [1.82, 2.24) is 0 Å². The van der Waals surface area contributed by atoms with Crippen LogP contribution in [0.15, 0.2) is 97.1 Å². The van der Waals surface area contributed by atoms with Crippen LogP contribution in [0.5, 0.6) is 23.0 Å². The van der Waals surface area contributed by atoms with E-state index in [1.165, 1.54) is 89.0 Å². The molecule has 0 aliphatic carbocycles. The highest BCUT2D eigenvalue weighted by molar-refractivity contribution is 5.54. The molecule has 16 aliphatic heterocycles. The van der Waals surface area contributed by atoms with Crippen LogP contribution in [0.25, 0.3) is 0 Å². The van der Waals surface area contributed by atoms with Crippen LogP contribution < -0.4 is 18.9 Å². The first-order valence-corrected chi connectivity index (χ1v) is 25.2. The predicted molar refractivity (Wildman–Crippen MR) is 286 cm³/mol. The molecule has 360 valence electrons. The molecule has 0 fully saturated rings. The molecule has 16 aliphatic rings. The van der Waals surface area contributed by atoms with Crippen LogP contribution in [-0.4, -0.2) is 26.4 Å². The van der Waals surface area contributed by atoms with E-state index in [9.17, 15) is 0 Å². The maximum absolute atomic E-state index is 6.48. The average molecular weight is 913 g/mol. The fraction of sp³-hybridized carbons (Fsp3) is 0.438. The third kappa shape index (κ3) is 10.3. The van der Waals surface area contributed by atoms with Gasteiger partial charge in [0.25, 0.3) is 0 Å². The van der Waals surface area contributed by atoms with Crippen molar-refractivity contribution in [2.45, 2.75) is 158 Å². The van der Waals surface area contributed by atoms with Crippen molar-refractivity contribution < 1.29 is 18.9 Å². The molecular formula is C64H80O4. The largest absolute Gasteiger partial charge is 0.493 e. The summed E-state index contributed by atoms with van der Waals surface area (Å²) >= 11 is 0. The van der Waals surface area contributed by atoms with Gasteiger partial charge in [-0.15, -0.1) is 0 Å². The molecule has 4 heteroatoms. The van der Waals surface area contributed by atoms with Crippen LogP contribution >= 0.6 is 0 Å². The van der Waals surface area contributed by atoms with Crippen molar-refractivity contribution in [3.05, 3.63) is 186 Å². The molecule has 12 bridgehead atoms. The lowest BCUT2D eigenvalue weighted by atomic mass is 9.74. The molecule has 6 aromatic carbocycles. The van der Waals surface area contributed by atoms with E-state index in [1.807, 2.05) is 0 Å². The first-order chi connectivity index (χ1) is 32.0. The molecule has 0 spiro atoms. The monoisotopic (exact) mass is 913 g/mol. The molecule has 0 amide bonds. The number of hydrogen-bond acceptors (Lipinski definition) is 4. The third-order valence-electron chi connectivity index (χ3n) is 15.4. The Morgan fingerprint density at radius 3 is 0.544 bits per heavy atom. The van der Waals surface area contributed by atoms with Crippen LogP contribution in [0.4, 0.5) is 0 Å². The number of hydrogen-bond donors (Lipinski definition) is 0. The molecule has 22 rings (SSSR count). The van der Waals surface area contributed by atoms with Gasteiger partial charge in [0, 0.05) is 21.7 Å².